The van der Waals surface area contributed by atoms with E-state index in [0.717, 1.165) is 25.9 Å². The minimum absolute atomic E-state index is 0.243. The second kappa shape index (κ2) is 8.77. The number of hydrogen-bond acceptors (Lipinski definition) is 2. The van der Waals surface area contributed by atoms with Crippen molar-refractivity contribution in [1.82, 2.24) is 10.2 Å². The molecule has 3 heteroatoms. The second-order valence-electron chi connectivity index (χ2n) is 7.73. The molecule has 0 saturated carbocycles. The van der Waals surface area contributed by atoms with Gasteiger partial charge in [-0.25, -0.2) is 0 Å². The third-order valence-corrected chi connectivity index (χ3v) is 4.43. The highest BCUT2D eigenvalue weighted by molar-refractivity contribution is 5.81. The van der Waals surface area contributed by atoms with Gasteiger partial charge < -0.3 is 10.2 Å². The van der Waals surface area contributed by atoms with Gasteiger partial charge in [0.05, 0.1) is 0 Å². The minimum atomic E-state index is -0.243. The number of likely N-dealkylation sites (tertiary alicyclic amines) is 1. The van der Waals surface area contributed by atoms with Crippen molar-refractivity contribution < 1.29 is 4.79 Å². The Morgan fingerprint density at radius 3 is 2.33 bits per heavy atom. The van der Waals surface area contributed by atoms with Gasteiger partial charge in [-0.1, -0.05) is 53.4 Å². The Morgan fingerprint density at radius 2 is 1.81 bits per heavy atom. The molecule has 124 valence electrons. The van der Waals surface area contributed by atoms with Gasteiger partial charge in [0.25, 0.3) is 0 Å². The molecule has 1 N–H and O–H groups in total. The summed E-state index contributed by atoms with van der Waals surface area (Å²) in [4.78, 5) is 14.3. The van der Waals surface area contributed by atoms with Gasteiger partial charge in [-0.15, -0.1) is 0 Å². The molecule has 1 aliphatic rings. The summed E-state index contributed by atoms with van der Waals surface area (Å²) < 4.78 is 0. The molecule has 1 amide bonds. The lowest BCUT2D eigenvalue weighted by molar-refractivity contribution is -0.140. The zero-order valence-electron chi connectivity index (χ0n) is 14.9. The Labute approximate surface area is 131 Å². The zero-order chi connectivity index (χ0) is 15.9. The van der Waals surface area contributed by atoms with Gasteiger partial charge >= 0.3 is 0 Å². The highest BCUT2D eigenvalue weighted by Crippen LogP contribution is 2.21. The lowest BCUT2D eigenvalue weighted by Gasteiger charge is -2.37. The Hall–Kier alpha value is -0.570. The van der Waals surface area contributed by atoms with Crippen LogP contribution in [0.25, 0.3) is 0 Å². The molecule has 0 radical (unpaired) electrons. The van der Waals surface area contributed by atoms with Crippen molar-refractivity contribution in [3.8, 4) is 0 Å². The van der Waals surface area contributed by atoms with Crippen LogP contribution in [0.2, 0.25) is 0 Å². The van der Waals surface area contributed by atoms with E-state index in [-0.39, 0.29) is 5.41 Å². The predicted octanol–water partition coefficient (Wildman–Crippen LogP) is 3.97. The van der Waals surface area contributed by atoms with E-state index in [9.17, 15) is 4.79 Å². The molecule has 1 unspecified atom stereocenters. The van der Waals surface area contributed by atoms with E-state index in [4.69, 9.17) is 0 Å². The van der Waals surface area contributed by atoms with Crippen molar-refractivity contribution in [2.45, 2.75) is 91.6 Å². The van der Waals surface area contributed by atoms with Gasteiger partial charge in [0.1, 0.15) is 0 Å². The molecule has 1 fully saturated rings. The van der Waals surface area contributed by atoms with E-state index in [0.29, 0.717) is 18.0 Å². The summed E-state index contributed by atoms with van der Waals surface area (Å²) in [6.45, 7) is 12.4. The first kappa shape index (κ1) is 18.5. The molecule has 1 saturated heterocycles. The van der Waals surface area contributed by atoms with Crippen molar-refractivity contribution in [3.05, 3.63) is 0 Å². The molecule has 0 aromatic heterocycles. The highest BCUT2D eigenvalue weighted by atomic mass is 16.2. The smallest absolute Gasteiger partial charge is 0.227 e. The minimum Gasteiger partial charge on any atom is -0.342 e. The molecule has 1 aliphatic heterocycles. The van der Waals surface area contributed by atoms with Crippen LogP contribution >= 0.6 is 0 Å². The third-order valence-electron chi connectivity index (χ3n) is 4.43. The maximum atomic E-state index is 12.3. The van der Waals surface area contributed by atoms with Gasteiger partial charge in [0, 0.05) is 30.6 Å². The number of nitrogens with one attached hydrogen (secondary N) is 1. The van der Waals surface area contributed by atoms with Crippen LogP contribution in [0.15, 0.2) is 0 Å². The molecule has 21 heavy (non-hydrogen) atoms. The summed E-state index contributed by atoms with van der Waals surface area (Å²) in [7, 11) is 0. The Balaban J connectivity index is 2.22. The Morgan fingerprint density at radius 1 is 1.19 bits per heavy atom. The van der Waals surface area contributed by atoms with Crippen LogP contribution < -0.4 is 5.32 Å². The van der Waals surface area contributed by atoms with Crippen LogP contribution in [0.1, 0.15) is 79.6 Å². The maximum absolute atomic E-state index is 12.3. The van der Waals surface area contributed by atoms with Crippen molar-refractivity contribution in [2.24, 2.45) is 5.41 Å². The molecular weight excluding hydrogens is 260 g/mol. The van der Waals surface area contributed by atoms with Gasteiger partial charge in [0.15, 0.2) is 0 Å². The van der Waals surface area contributed by atoms with Gasteiger partial charge in [-0.05, 0) is 26.2 Å². The normalized spacial score (nSPS) is 18.8. The Bertz CT molecular complexity index is 301. The summed E-state index contributed by atoms with van der Waals surface area (Å²) in [5.74, 6) is 0.300. The van der Waals surface area contributed by atoms with E-state index in [2.05, 4.69) is 19.2 Å². The van der Waals surface area contributed by atoms with Crippen LogP contribution in [0.4, 0.5) is 0 Å². The Kier molecular flexibility index (Phi) is 7.72. The number of unbranched alkanes of at least 4 members (excludes halogenated alkanes) is 3. The fourth-order valence-corrected chi connectivity index (χ4v) is 3.09. The van der Waals surface area contributed by atoms with Crippen LogP contribution in [-0.2, 0) is 4.79 Å². The fourth-order valence-electron chi connectivity index (χ4n) is 3.09. The number of carbonyl (C=O) groups excluding carboxylic acids is 1. The number of carbonyl (C=O) groups is 1. The van der Waals surface area contributed by atoms with Crippen LogP contribution in [-0.4, -0.2) is 36.0 Å². The summed E-state index contributed by atoms with van der Waals surface area (Å²) >= 11 is 0. The first-order chi connectivity index (χ1) is 9.84. The first-order valence-electron chi connectivity index (χ1n) is 8.90. The number of rotatable bonds is 7. The first-order valence-corrected chi connectivity index (χ1v) is 8.90. The van der Waals surface area contributed by atoms with Crippen molar-refractivity contribution in [2.75, 3.05) is 13.1 Å². The fraction of sp³-hybridized carbons (Fsp3) is 0.944. The second-order valence-corrected chi connectivity index (χ2v) is 7.73. The number of amides is 1. The largest absolute Gasteiger partial charge is 0.342 e. The summed E-state index contributed by atoms with van der Waals surface area (Å²) in [6, 6.07) is 1.20. The van der Waals surface area contributed by atoms with E-state index in [1.165, 1.54) is 32.1 Å². The van der Waals surface area contributed by atoms with Crippen LogP contribution in [0, 0.1) is 5.41 Å². The SMILES string of the molecule is CCCCCCC(C)NC1CCN(C(=O)C(C)(C)C)CC1. The standard InChI is InChI=1S/C18H36N2O/c1-6-7-8-9-10-15(2)19-16-11-13-20(14-12-16)17(21)18(3,4)5/h15-16,19H,6-14H2,1-5H3. The van der Waals surface area contributed by atoms with Crippen molar-refractivity contribution in [1.29, 1.82) is 0 Å². The van der Waals surface area contributed by atoms with Gasteiger partial charge in [0.2, 0.25) is 5.91 Å². The van der Waals surface area contributed by atoms with E-state index in [1.54, 1.807) is 0 Å². The van der Waals surface area contributed by atoms with Gasteiger partial charge in [-0.3, -0.25) is 4.79 Å². The number of piperidine rings is 1. The summed E-state index contributed by atoms with van der Waals surface area (Å²) in [5, 5.41) is 3.76. The van der Waals surface area contributed by atoms with Crippen molar-refractivity contribution >= 4 is 5.91 Å². The predicted molar refractivity (Wildman–Crippen MR) is 90.4 cm³/mol. The molecule has 0 aromatic carbocycles. The monoisotopic (exact) mass is 296 g/mol. The number of nitrogens with zero attached hydrogens (tertiary/aromatic N) is 1. The highest BCUT2D eigenvalue weighted by Gasteiger charge is 2.30. The van der Waals surface area contributed by atoms with E-state index in [1.807, 2.05) is 25.7 Å². The average Bonchev–Trinajstić information content (AvgIpc) is 2.43. The molecule has 0 aromatic rings. The molecule has 0 spiro atoms. The zero-order valence-corrected chi connectivity index (χ0v) is 14.9. The quantitative estimate of drug-likeness (QED) is 0.721. The molecule has 0 aliphatic carbocycles. The maximum Gasteiger partial charge on any atom is 0.227 e. The van der Waals surface area contributed by atoms with E-state index < -0.39 is 0 Å². The van der Waals surface area contributed by atoms with Gasteiger partial charge in [-0.2, -0.15) is 0 Å². The molecule has 1 atom stereocenters. The summed E-state index contributed by atoms with van der Waals surface area (Å²) in [6.07, 6.45) is 8.84. The molecular formula is C18H36N2O. The summed E-state index contributed by atoms with van der Waals surface area (Å²) in [5.41, 5.74) is -0.243. The molecule has 0 bridgehead atoms. The van der Waals surface area contributed by atoms with Crippen LogP contribution in [0.3, 0.4) is 0 Å². The van der Waals surface area contributed by atoms with Crippen molar-refractivity contribution in [3.63, 3.8) is 0 Å². The lowest BCUT2D eigenvalue weighted by atomic mass is 9.92. The van der Waals surface area contributed by atoms with Crippen LogP contribution in [0.5, 0.6) is 0 Å². The molecule has 1 heterocycles. The molecule has 3 nitrogen and oxygen atoms in total. The topological polar surface area (TPSA) is 32.3 Å². The average molecular weight is 296 g/mol. The lowest BCUT2D eigenvalue weighted by Crippen LogP contribution is -2.49. The van der Waals surface area contributed by atoms with E-state index >= 15 is 0 Å². The molecule has 1 rings (SSSR count). The number of hydrogen-bond donors (Lipinski definition) is 1. The third kappa shape index (κ3) is 6.82.